The summed E-state index contributed by atoms with van der Waals surface area (Å²) in [5.74, 6) is -0.0954. The van der Waals surface area contributed by atoms with Crippen molar-refractivity contribution in [2.75, 3.05) is 20.2 Å². The van der Waals surface area contributed by atoms with E-state index in [0.717, 1.165) is 25.9 Å². The van der Waals surface area contributed by atoms with E-state index >= 15 is 0 Å². The summed E-state index contributed by atoms with van der Waals surface area (Å²) in [6.45, 7) is 3.85. The quantitative estimate of drug-likeness (QED) is 0.486. The molecule has 1 rings (SSSR count). The van der Waals surface area contributed by atoms with Crippen LogP contribution in [0.5, 0.6) is 0 Å². The zero-order valence-corrected chi connectivity index (χ0v) is 8.32. The molecule has 0 N–H and O–H groups in total. The maximum atomic E-state index is 11.3. The van der Waals surface area contributed by atoms with E-state index in [0.29, 0.717) is 0 Å². The van der Waals surface area contributed by atoms with Gasteiger partial charge in [-0.05, 0) is 26.3 Å². The van der Waals surface area contributed by atoms with Crippen LogP contribution in [-0.4, -0.2) is 37.1 Å². The summed E-state index contributed by atoms with van der Waals surface area (Å²) in [5.41, 5.74) is 0. The van der Waals surface area contributed by atoms with E-state index in [2.05, 4.69) is 11.0 Å². The zero-order chi connectivity index (χ0) is 9.68. The van der Waals surface area contributed by atoms with Crippen LogP contribution < -0.4 is 0 Å². The Hall–Kier alpha value is -0.830. The minimum atomic E-state index is -0.0954. The minimum absolute atomic E-state index is 0.0128. The van der Waals surface area contributed by atoms with E-state index in [1.54, 1.807) is 0 Å². The van der Waals surface area contributed by atoms with Crippen LogP contribution in [0.15, 0.2) is 12.2 Å². The molecule has 0 saturated carbocycles. The van der Waals surface area contributed by atoms with Crippen LogP contribution in [0.3, 0.4) is 0 Å². The van der Waals surface area contributed by atoms with Crippen LogP contribution in [0, 0.1) is 0 Å². The molecule has 0 aromatic heterocycles. The van der Waals surface area contributed by atoms with Crippen molar-refractivity contribution >= 4 is 5.97 Å². The van der Waals surface area contributed by atoms with Gasteiger partial charge in [-0.15, -0.1) is 0 Å². The molecular weight excluding hydrogens is 166 g/mol. The molecule has 74 valence electrons. The maximum Gasteiger partial charge on any atom is 0.323 e. The molecule has 0 amide bonds. The summed E-state index contributed by atoms with van der Waals surface area (Å²) in [7, 11) is 1.45. The summed E-state index contributed by atoms with van der Waals surface area (Å²) in [6, 6.07) is -0.0128. The molecule has 1 aliphatic heterocycles. The van der Waals surface area contributed by atoms with E-state index in [9.17, 15) is 4.79 Å². The molecule has 13 heavy (non-hydrogen) atoms. The lowest BCUT2D eigenvalue weighted by Crippen LogP contribution is -2.36. The molecule has 1 fully saturated rings. The highest BCUT2D eigenvalue weighted by molar-refractivity contribution is 5.75. The van der Waals surface area contributed by atoms with Crippen molar-refractivity contribution in [3.63, 3.8) is 0 Å². The third-order valence-electron chi connectivity index (χ3n) is 2.41. The van der Waals surface area contributed by atoms with Crippen LogP contribution in [-0.2, 0) is 9.53 Å². The van der Waals surface area contributed by atoms with Gasteiger partial charge < -0.3 is 4.74 Å². The van der Waals surface area contributed by atoms with E-state index < -0.39 is 0 Å². The standard InChI is InChI=1S/C10H17NO2/c1-3-4-7-11-8-5-6-9(11)10(12)13-2/h3-4,9H,5-8H2,1-2H3/b4-3+/t9-/m0/s1. The number of nitrogens with zero attached hydrogens (tertiary/aromatic N) is 1. The Kier molecular flexibility index (Phi) is 3.96. The number of allylic oxidation sites excluding steroid dienone is 1. The summed E-state index contributed by atoms with van der Waals surface area (Å²) in [4.78, 5) is 13.5. The van der Waals surface area contributed by atoms with Crippen LogP contribution >= 0.6 is 0 Å². The lowest BCUT2D eigenvalue weighted by molar-refractivity contribution is -0.145. The average Bonchev–Trinajstić information content (AvgIpc) is 2.61. The molecule has 0 bridgehead atoms. The molecule has 0 unspecified atom stereocenters. The van der Waals surface area contributed by atoms with Gasteiger partial charge in [-0.3, -0.25) is 9.69 Å². The van der Waals surface area contributed by atoms with Crippen LogP contribution in [0.1, 0.15) is 19.8 Å². The fourth-order valence-electron chi connectivity index (χ4n) is 1.69. The second kappa shape index (κ2) is 5.02. The molecule has 1 aliphatic rings. The second-order valence-electron chi connectivity index (χ2n) is 3.25. The van der Waals surface area contributed by atoms with Crippen molar-refractivity contribution in [3.05, 3.63) is 12.2 Å². The van der Waals surface area contributed by atoms with Crippen molar-refractivity contribution in [3.8, 4) is 0 Å². The Morgan fingerprint density at radius 2 is 2.46 bits per heavy atom. The van der Waals surface area contributed by atoms with Gasteiger partial charge in [-0.2, -0.15) is 0 Å². The van der Waals surface area contributed by atoms with Gasteiger partial charge in [0, 0.05) is 6.54 Å². The number of ether oxygens (including phenoxy) is 1. The number of hydrogen-bond acceptors (Lipinski definition) is 3. The number of carbonyl (C=O) groups excluding carboxylic acids is 1. The van der Waals surface area contributed by atoms with Gasteiger partial charge in [0.1, 0.15) is 6.04 Å². The van der Waals surface area contributed by atoms with Gasteiger partial charge >= 0.3 is 5.97 Å². The Bertz CT molecular complexity index is 201. The Morgan fingerprint density at radius 1 is 1.69 bits per heavy atom. The smallest absolute Gasteiger partial charge is 0.323 e. The topological polar surface area (TPSA) is 29.5 Å². The Labute approximate surface area is 79.4 Å². The Balaban J connectivity index is 2.48. The van der Waals surface area contributed by atoms with Crippen molar-refractivity contribution in [1.82, 2.24) is 4.90 Å². The first kappa shape index (κ1) is 10.3. The highest BCUT2D eigenvalue weighted by Gasteiger charge is 2.30. The number of likely N-dealkylation sites (tertiary alicyclic amines) is 1. The van der Waals surface area contributed by atoms with Crippen molar-refractivity contribution in [2.24, 2.45) is 0 Å². The first-order chi connectivity index (χ1) is 6.29. The van der Waals surface area contributed by atoms with Crippen LogP contribution in [0.4, 0.5) is 0 Å². The molecule has 1 saturated heterocycles. The molecule has 0 aromatic rings. The predicted molar refractivity (Wildman–Crippen MR) is 51.4 cm³/mol. The highest BCUT2D eigenvalue weighted by atomic mass is 16.5. The predicted octanol–water partition coefficient (Wildman–Crippen LogP) is 1.20. The number of carbonyl (C=O) groups is 1. The van der Waals surface area contributed by atoms with Gasteiger partial charge in [0.15, 0.2) is 0 Å². The minimum Gasteiger partial charge on any atom is -0.468 e. The number of hydrogen-bond donors (Lipinski definition) is 0. The normalized spacial score (nSPS) is 24.0. The molecule has 3 nitrogen and oxygen atoms in total. The van der Waals surface area contributed by atoms with Crippen molar-refractivity contribution < 1.29 is 9.53 Å². The lowest BCUT2D eigenvalue weighted by atomic mass is 10.2. The first-order valence-corrected chi connectivity index (χ1v) is 4.72. The van der Waals surface area contributed by atoms with Crippen LogP contribution in [0.2, 0.25) is 0 Å². The Morgan fingerprint density at radius 3 is 3.08 bits per heavy atom. The maximum absolute atomic E-state index is 11.3. The monoisotopic (exact) mass is 183 g/mol. The van der Waals surface area contributed by atoms with E-state index in [-0.39, 0.29) is 12.0 Å². The zero-order valence-electron chi connectivity index (χ0n) is 8.32. The van der Waals surface area contributed by atoms with E-state index in [1.807, 2.05) is 13.0 Å². The fourth-order valence-corrected chi connectivity index (χ4v) is 1.69. The lowest BCUT2D eigenvalue weighted by Gasteiger charge is -2.20. The molecule has 1 atom stereocenters. The van der Waals surface area contributed by atoms with E-state index in [4.69, 9.17) is 4.74 Å². The third kappa shape index (κ3) is 2.56. The first-order valence-electron chi connectivity index (χ1n) is 4.72. The summed E-state index contributed by atoms with van der Waals surface area (Å²) >= 11 is 0. The molecule has 1 heterocycles. The van der Waals surface area contributed by atoms with Gasteiger partial charge in [-0.25, -0.2) is 0 Å². The van der Waals surface area contributed by atoms with Gasteiger partial charge in [0.05, 0.1) is 7.11 Å². The summed E-state index contributed by atoms with van der Waals surface area (Å²) in [5, 5.41) is 0. The van der Waals surface area contributed by atoms with Crippen molar-refractivity contribution in [2.45, 2.75) is 25.8 Å². The summed E-state index contributed by atoms with van der Waals surface area (Å²) < 4.78 is 4.74. The van der Waals surface area contributed by atoms with Crippen LogP contribution in [0.25, 0.3) is 0 Å². The molecular formula is C10H17NO2. The fraction of sp³-hybridized carbons (Fsp3) is 0.700. The van der Waals surface area contributed by atoms with Gasteiger partial charge in [0.2, 0.25) is 0 Å². The largest absolute Gasteiger partial charge is 0.468 e. The average molecular weight is 183 g/mol. The molecule has 0 spiro atoms. The number of methoxy groups -OCH3 is 1. The molecule has 0 aliphatic carbocycles. The summed E-state index contributed by atoms with van der Waals surface area (Å²) in [6.07, 6.45) is 6.11. The number of esters is 1. The third-order valence-corrected chi connectivity index (χ3v) is 2.41. The molecule has 0 radical (unpaired) electrons. The second-order valence-corrected chi connectivity index (χ2v) is 3.25. The molecule has 3 heteroatoms. The van der Waals surface area contributed by atoms with Gasteiger partial charge in [0.25, 0.3) is 0 Å². The number of rotatable bonds is 3. The molecule has 0 aromatic carbocycles. The highest BCUT2D eigenvalue weighted by Crippen LogP contribution is 2.17. The SMILES string of the molecule is C/C=C/CN1CCC[C@H]1C(=O)OC. The van der Waals surface area contributed by atoms with E-state index in [1.165, 1.54) is 7.11 Å². The van der Waals surface area contributed by atoms with Crippen molar-refractivity contribution in [1.29, 1.82) is 0 Å². The van der Waals surface area contributed by atoms with Gasteiger partial charge in [-0.1, -0.05) is 12.2 Å².